The zero-order chi connectivity index (χ0) is 19.3. The minimum atomic E-state index is -4.54. The van der Waals surface area contributed by atoms with Crippen LogP contribution in [-0.4, -0.2) is 28.6 Å². The first-order valence-corrected chi connectivity index (χ1v) is 7.41. The van der Waals surface area contributed by atoms with Gasteiger partial charge in [-0.15, -0.1) is 0 Å². The fourth-order valence-corrected chi connectivity index (χ4v) is 2.12. The molecule has 0 aliphatic heterocycles. The fourth-order valence-electron chi connectivity index (χ4n) is 1.96. The van der Waals surface area contributed by atoms with Crippen LogP contribution < -0.4 is 10.1 Å². The summed E-state index contributed by atoms with van der Waals surface area (Å²) in [5.41, 5.74) is -0.544. The lowest BCUT2D eigenvalue weighted by Gasteiger charge is -2.12. The number of aromatic nitrogens is 1. The Kier molecular flexibility index (Phi) is 5.98. The third-order valence-corrected chi connectivity index (χ3v) is 3.30. The Hall–Kier alpha value is -2.88. The number of hydrogen-bond donors (Lipinski definition) is 1. The number of halogens is 4. The van der Waals surface area contributed by atoms with E-state index >= 15 is 0 Å². The van der Waals surface area contributed by atoms with Crippen molar-refractivity contribution in [2.24, 2.45) is 0 Å². The van der Waals surface area contributed by atoms with Gasteiger partial charge in [-0.3, -0.25) is 14.9 Å². The first-order valence-electron chi connectivity index (χ1n) is 7.03. The zero-order valence-electron chi connectivity index (χ0n) is 12.9. The largest absolute Gasteiger partial charge is 0.468 e. The zero-order valence-corrected chi connectivity index (χ0v) is 13.7. The van der Waals surface area contributed by atoms with Gasteiger partial charge in [0.1, 0.15) is 5.56 Å². The Morgan fingerprint density at radius 1 is 1.35 bits per heavy atom. The Labute approximate surface area is 149 Å². The standard InChI is InChI=1S/C15H11ClF3N3O4/c16-10-3-4-11(12(6-10)22(24)25)13(23)21-7-9-2-1-5-20-14(9)26-8-15(17,18)19/h1-6H,7-8H2,(H,21,23). The topological polar surface area (TPSA) is 94.4 Å². The van der Waals surface area contributed by atoms with Crippen LogP contribution in [0.4, 0.5) is 18.9 Å². The molecule has 0 radical (unpaired) electrons. The van der Waals surface area contributed by atoms with Gasteiger partial charge >= 0.3 is 6.18 Å². The fraction of sp³-hybridized carbons (Fsp3) is 0.200. The molecule has 1 heterocycles. The van der Waals surface area contributed by atoms with Gasteiger partial charge in [0.15, 0.2) is 6.61 Å². The molecule has 1 N–H and O–H groups in total. The van der Waals surface area contributed by atoms with Crippen molar-refractivity contribution in [3.8, 4) is 5.88 Å². The van der Waals surface area contributed by atoms with E-state index in [0.29, 0.717) is 0 Å². The number of carbonyl (C=O) groups excluding carboxylic acids is 1. The lowest BCUT2D eigenvalue weighted by atomic mass is 10.1. The van der Waals surface area contributed by atoms with Crippen LogP contribution in [0.25, 0.3) is 0 Å². The van der Waals surface area contributed by atoms with Gasteiger partial charge in [0.2, 0.25) is 5.88 Å². The maximum absolute atomic E-state index is 12.3. The van der Waals surface area contributed by atoms with Crippen LogP contribution in [0.15, 0.2) is 36.5 Å². The number of hydrogen-bond acceptors (Lipinski definition) is 5. The molecule has 0 atom stereocenters. The molecule has 0 saturated heterocycles. The first kappa shape index (κ1) is 19.4. The smallest absolute Gasteiger partial charge is 0.422 e. The van der Waals surface area contributed by atoms with E-state index in [-0.39, 0.29) is 28.6 Å². The number of alkyl halides is 3. The van der Waals surface area contributed by atoms with Crippen LogP contribution in [0.5, 0.6) is 5.88 Å². The van der Waals surface area contributed by atoms with Gasteiger partial charge in [0.05, 0.1) is 4.92 Å². The predicted octanol–water partition coefficient (Wildman–Crippen LogP) is 3.51. The number of pyridine rings is 1. The van der Waals surface area contributed by atoms with Gasteiger partial charge in [-0.25, -0.2) is 4.98 Å². The van der Waals surface area contributed by atoms with Gasteiger partial charge in [-0.1, -0.05) is 17.7 Å². The minimum Gasteiger partial charge on any atom is -0.468 e. The molecule has 7 nitrogen and oxygen atoms in total. The highest BCUT2D eigenvalue weighted by Gasteiger charge is 2.29. The van der Waals surface area contributed by atoms with Crippen molar-refractivity contribution < 1.29 is 27.6 Å². The summed E-state index contributed by atoms with van der Waals surface area (Å²) in [4.78, 5) is 26.1. The third kappa shape index (κ3) is 5.31. The van der Waals surface area contributed by atoms with E-state index in [2.05, 4.69) is 15.0 Å². The molecule has 1 aromatic heterocycles. The van der Waals surface area contributed by atoms with Crippen molar-refractivity contribution in [1.82, 2.24) is 10.3 Å². The SMILES string of the molecule is O=C(NCc1cccnc1OCC(F)(F)F)c1ccc(Cl)cc1[N+](=O)[O-]. The molecule has 26 heavy (non-hydrogen) atoms. The summed E-state index contributed by atoms with van der Waals surface area (Å²) in [7, 11) is 0. The molecule has 0 aliphatic carbocycles. The molecular weight excluding hydrogens is 379 g/mol. The number of rotatable bonds is 6. The normalized spacial score (nSPS) is 11.1. The molecule has 0 spiro atoms. The van der Waals surface area contributed by atoms with E-state index in [0.717, 1.165) is 6.07 Å². The van der Waals surface area contributed by atoms with Crippen LogP contribution in [0, 0.1) is 10.1 Å². The van der Waals surface area contributed by atoms with E-state index in [9.17, 15) is 28.1 Å². The van der Waals surface area contributed by atoms with Crippen molar-refractivity contribution >= 4 is 23.2 Å². The third-order valence-electron chi connectivity index (χ3n) is 3.06. The molecule has 11 heteroatoms. The second-order valence-corrected chi connectivity index (χ2v) is 5.41. The number of nitro benzene ring substituents is 1. The summed E-state index contributed by atoms with van der Waals surface area (Å²) in [5, 5.41) is 13.5. The number of amides is 1. The summed E-state index contributed by atoms with van der Waals surface area (Å²) < 4.78 is 41.4. The van der Waals surface area contributed by atoms with Crippen LogP contribution in [0.2, 0.25) is 5.02 Å². The van der Waals surface area contributed by atoms with Crippen molar-refractivity contribution in [2.45, 2.75) is 12.7 Å². The van der Waals surface area contributed by atoms with E-state index in [4.69, 9.17) is 11.6 Å². The van der Waals surface area contributed by atoms with Crippen LogP contribution in [0.3, 0.4) is 0 Å². The highest BCUT2D eigenvalue weighted by Crippen LogP contribution is 2.24. The second-order valence-electron chi connectivity index (χ2n) is 4.97. The van der Waals surface area contributed by atoms with Crippen molar-refractivity contribution in [3.05, 3.63) is 62.8 Å². The molecule has 0 bridgehead atoms. The molecule has 138 valence electrons. The number of ether oxygens (including phenoxy) is 1. The second kappa shape index (κ2) is 8.00. The van der Waals surface area contributed by atoms with Gasteiger partial charge in [0.25, 0.3) is 11.6 Å². The molecule has 0 saturated carbocycles. The molecule has 1 amide bonds. The van der Waals surface area contributed by atoms with Crippen LogP contribution >= 0.6 is 11.6 Å². The van der Waals surface area contributed by atoms with E-state index < -0.39 is 29.3 Å². The quantitative estimate of drug-likeness (QED) is 0.602. The van der Waals surface area contributed by atoms with Gasteiger partial charge in [-0.2, -0.15) is 13.2 Å². The maximum Gasteiger partial charge on any atom is 0.422 e. The Bertz CT molecular complexity index is 830. The van der Waals surface area contributed by atoms with Crippen molar-refractivity contribution in [2.75, 3.05) is 6.61 Å². The highest BCUT2D eigenvalue weighted by molar-refractivity contribution is 6.31. The summed E-state index contributed by atoms with van der Waals surface area (Å²) in [5.74, 6) is -1.09. The lowest BCUT2D eigenvalue weighted by molar-refractivity contribution is -0.385. The minimum absolute atomic E-state index is 0.0864. The van der Waals surface area contributed by atoms with Gasteiger partial charge < -0.3 is 10.1 Å². The predicted molar refractivity (Wildman–Crippen MR) is 85.1 cm³/mol. The van der Waals surface area contributed by atoms with Crippen LogP contribution in [0.1, 0.15) is 15.9 Å². The van der Waals surface area contributed by atoms with E-state index in [1.165, 1.54) is 30.5 Å². The lowest BCUT2D eigenvalue weighted by Crippen LogP contribution is -2.25. The number of nitrogens with zero attached hydrogens (tertiary/aromatic N) is 2. The van der Waals surface area contributed by atoms with Crippen molar-refractivity contribution in [1.29, 1.82) is 0 Å². The number of nitro groups is 1. The summed E-state index contributed by atoms with van der Waals surface area (Å²) in [6.07, 6.45) is -3.30. The molecule has 0 aliphatic rings. The van der Waals surface area contributed by atoms with Gasteiger partial charge in [-0.05, 0) is 18.2 Å². The molecular formula is C15H11ClF3N3O4. The maximum atomic E-state index is 12.3. The summed E-state index contributed by atoms with van der Waals surface area (Å²) in [6, 6.07) is 6.38. The monoisotopic (exact) mass is 389 g/mol. The van der Waals surface area contributed by atoms with E-state index in [1.54, 1.807) is 0 Å². The first-order chi connectivity index (χ1) is 12.2. The summed E-state index contributed by atoms with van der Waals surface area (Å²) >= 11 is 5.68. The van der Waals surface area contributed by atoms with Crippen molar-refractivity contribution in [3.63, 3.8) is 0 Å². The number of nitrogens with one attached hydrogen (secondary N) is 1. The number of carbonyl (C=O) groups is 1. The molecule has 2 aromatic rings. The Balaban J connectivity index is 2.12. The Morgan fingerprint density at radius 2 is 2.08 bits per heavy atom. The van der Waals surface area contributed by atoms with Crippen LogP contribution in [-0.2, 0) is 6.54 Å². The summed E-state index contributed by atoms with van der Waals surface area (Å²) in [6.45, 7) is -1.77. The average Bonchev–Trinajstić information content (AvgIpc) is 2.57. The molecule has 0 unspecified atom stereocenters. The van der Waals surface area contributed by atoms with E-state index in [1.807, 2.05) is 0 Å². The molecule has 2 rings (SSSR count). The number of benzene rings is 1. The van der Waals surface area contributed by atoms with Gasteiger partial charge in [0, 0.05) is 29.4 Å². The Morgan fingerprint density at radius 3 is 2.73 bits per heavy atom. The molecule has 0 fully saturated rings. The average molecular weight is 390 g/mol. The molecule has 1 aromatic carbocycles. The highest BCUT2D eigenvalue weighted by atomic mass is 35.5.